The standard InChI is InChI=1S/C13H18ClNO2/c1-8-10(14)6-11(16)13(17-2)12(8)9-4-3-5-15-7-9/h6,9,15-16H,3-5,7H2,1-2H3. The third-order valence-corrected chi connectivity index (χ3v) is 3.80. The highest BCUT2D eigenvalue weighted by Crippen LogP contribution is 2.42. The molecule has 0 amide bonds. The fourth-order valence-corrected chi connectivity index (χ4v) is 2.74. The summed E-state index contributed by atoms with van der Waals surface area (Å²) in [6, 6.07) is 1.55. The maximum absolute atomic E-state index is 9.90. The van der Waals surface area contributed by atoms with Gasteiger partial charge in [-0.3, -0.25) is 0 Å². The van der Waals surface area contributed by atoms with E-state index in [0.29, 0.717) is 16.7 Å². The van der Waals surface area contributed by atoms with E-state index >= 15 is 0 Å². The van der Waals surface area contributed by atoms with Crippen LogP contribution in [0.4, 0.5) is 0 Å². The van der Waals surface area contributed by atoms with Crippen molar-refractivity contribution in [1.29, 1.82) is 0 Å². The number of methoxy groups -OCH3 is 1. The number of aromatic hydroxyl groups is 1. The average molecular weight is 256 g/mol. The fraction of sp³-hybridized carbons (Fsp3) is 0.538. The van der Waals surface area contributed by atoms with Crippen molar-refractivity contribution < 1.29 is 9.84 Å². The van der Waals surface area contributed by atoms with Crippen molar-refractivity contribution in [3.8, 4) is 11.5 Å². The SMILES string of the molecule is COc1c(O)cc(Cl)c(C)c1C1CCCNC1. The molecule has 0 aromatic heterocycles. The monoisotopic (exact) mass is 255 g/mol. The zero-order chi connectivity index (χ0) is 12.4. The van der Waals surface area contributed by atoms with E-state index in [1.165, 1.54) is 0 Å². The number of hydrogen-bond acceptors (Lipinski definition) is 3. The Labute approximate surface area is 107 Å². The average Bonchev–Trinajstić information content (AvgIpc) is 2.34. The first-order chi connectivity index (χ1) is 8.15. The van der Waals surface area contributed by atoms with Gasteiger partial charge < -0.3 is 15.2 Å². The number of hydrogen-bond donors (Lipinski definition) is 2. The van der Waals surface area contributed by atoms with Crippen molar-refractivity contribution in [2.75, 3.05) is 20.2 Å². The Morgan fingerprint density at radius 1 is 1.53 bits per heavy atom. The maximum Gasteiger partial charge on any atom is 0.164 e. The van der Waals surface area contributed by atoms with Crippen LogP contribution in [0.15, 0.2) is 6.07 Å². The van der Waals surface area contributed by atoms with Gasteiger partial charge in [-0.05, 0) is 31.9 Å². The van der Waals surface area contributed by atoms with Crippen LogP contribution in [-0.2, 0) is 0 Å². The third kappa shape index (κ3) is 2.35. The van der Waals surface area contributed by atoms with Crippen LogP contribution < -0.4 is 10.1 Å². The largest absolute Gasteiger partial charge is 0.504 e. The number of piperidine rings is 1. The van der Waals surface area contributed by atoms with Crippen LogP contribution >= 0.6 is 11.6 Å². The number of rotatable bonds is 2. The van der Waals surface area contributed by atoms with Gasteiger partial charge in [-0.1, -0.05) is 11.6 Å². The number of phenols is 1. The highest BCUT2D eigenvalue weighted by molar-refractivity contribution is 6.31. The third-order valence-electron chi connectivity index (χ3n) is 3.41. The molecule has 1 unspecified atom stereocenters. The molecule has 1 heterocycles. The highest BCUT2D eigenvalue weighted by atomic mass is 35.5. The molecular formula is C13H18ClNO2. The quantitative estimate of drug-likeness (QED) is 0.854. The number of halogens is 1. The second kappa shape index (κ2) is 5.15. The van der Waals surface area contributed by atoms with Crippen LogP contribution in [0.1, 0.15) is 29.9 Å². The molecule has 1 aliphatic heterocycles. The molecule has 0 saturated carbocycles. The summed E-state index contributed by atoms with van der Waals surface area (Å²) in [4.78, 5) is 0. The predicted molar refractivity (Wildman–Crippen MR) is 69.3 cm³/mol. The first kappa shape index (κ1) is 12.5. The molecule has 3 nitrogen and oxygen atoms in total. The lowest BCUT2D eigenvalue weighted by atomic mass is 9.87. The van der Waals surface area contributed by atoms with Crippen molar-refractivity contribution in [2.45, 2.75) is 25.7 Å². The fourth-order valence-electron chi connectivity index (χ4n) is 2.54. The van der Waals surface area contributed by atoms with Crippen molar-refractivity contribution in [3.63, 3.8) is 0 Å². The Balaban J connectivity index is 2.48. The molecule has 1 aromatic rings. The van der Waals surface area contributed by atoms with Gasteiger partial charge >= 0.3 is 0 Å². The molecule has 1 atom stereocenters. The lowest BCUT2D eigenvalue weighted by Gasteiger charge is -2.27. The van der Waals surface area contributed by atoms with Crippen molar-refractivity contribution in [1.82, 2.24) is 5.32 Å². The Morgan fingerprint density at radius 2 is 2.29 bits per heavy atom. The summed E-state index contributed by atoms with van der Waals surface area (Å²) in [7, 11) is 1.59. The summed E-state index contributed by atoms with van der Waals surface area (Å²) >= 11 is 6.13. The Hall–Kier alpha value is -0.930. The molecule has 1 aromatic carbocycles. The number of benzene rings is 1. The lowest BCUT2D eigenvalue weighted by molar-refractivity contribution is 0.358. The van der Waals surface area contributed by atoms with E-state index in [0.717, 1.165) is 37.1 Å². The zero-order valence-corrected chi connectivity index (χ0v) is 11.0. The van der Waals surface area contributed by atoms with Gasteiger partial charge in [0.25, 0.3) is 0 Å². The molecule has 0 spiro atoms. The summed E-state index contributed by atoms with van der Waals surface area (Å²) in [5, 5.41) is 13.9. The molecular weight excluding hydrogens is 238 g/mol. The summed E-state index contributed by atoms with van der Waals surface area (Å²) in [6.07, 6.45) is 2.24. The molecule has 0 radical (unpaired) electrons. The number of ether oxygens (including phenoxy) is 1. The van der Waals surface area contributed by atoms with Crippen LogP contribution in [-0.4, -0.2) is 25.3 Å². The minimum atomic E-state index is 0.128. The lowest BCUT2D eigenvalue weighted by Crippen LogP contribution is -2.29. The Kier molecular flexibility index (Phi) is 3.79. The Morgan fingerprint density at radius 3 is 2.88 bits per heavy atom. The van der Waals surface area contributed by atoms with Crippen molar-refractivity contribution in [3.05, 3.63) is 22.2 Å². The van der Waals surface area contributed by atoms with Gasteiger partial charge in [-0.2, -0.15) is 0 Å². The van der Waals surface area contributed by atoms with Crippen molar-refractivity contribution >= 4 is 11.6 Å². The van der Waals surface area contributed by atoms with E-state index in [4.69, 9.17) is 16.3 Å². The molecule has 0 bridgehead atoms. The summed E-state index contributed by atoms with van der Waals surface area (Å²) in [6.45, 7) is 3.95. The van der Waals surface area contributed by atoms with Crippen LogP contribution in [0.5, 0.6) is 11.5 Å². The molecule has 0 aliphatic carbocycles. The normalized spacial score (nSPS) is 20.3. The second-order valence-corrected chi connectivity index (χ2v) is 4.90. The van der Waals surface area contributed by atoms with Crippen LogP contribution in [0.3, 0.4) is 0 Å². The number of phenolic OH excluding ortho intramolecular Hbond substituents is 1. The van der Waals surface area contributed by atoms with Gasteiger partial charge in [0.2, 0.25) is 0 Å². The van der Waals surface area contributed by atoms with Gasteiger partial charge in [0.1, 0.15) is 0 Å². The van der Waals surface area contributed by atoms with Crippen LogP contribution in [0.2, 0.25) is 5.02 Å². The minimum absolute atomic E-state index is 0.128. The summed E-state index contributed by atoms with van der Waals surface area (Å²) in [5.41, 5.74) is 2.06. The predicted octanol–water partition coefficient (Wildman–Crippen LogP) is 2.83. The molecule has 1 fully saturated rings. The van der Waals surface area contributed by atoms with Gasteiger partial charge in [0.05, 0.1) is 7.11 Å². The van der Waals surface area contributed by atoms with E-state index < -0.39 is 0 Å². The zero-order valence-electron chi connectivity index (χ0n) is 10.2. The maximum atomic E-state index is 9.90. The molecule has 1 saturated heterocycles. The molecule has 2 N–H and O–H groups in total. The first-order valence-corrected chi connectivity index (χ1v) is 6.29. The summed E-state index contributed by atoms with van der Waals surface area (Å²) in [5.74, 6) is 1.06. The summed E-state index contributed by atoms with van der Waals surface area (Å²) < 4.78 is 5.33. The molecule has 2 rings (SSSR count). The van der Waals surface area contributed by atoms with Crippen molar-refractivity contribution in [2.24, 2.45) is 0 Å². The van der Waals surface area contributed by atoms with Gasteiger partial charge in [0, 0.05) is 29.1 Å². The highest BCUT2D eigenvalue weighted by Gasteiger charge is 2.24. The van der Waals surface area contributed by atoms with E-state index in [2.05, 4.69) is 5.32 Å². The minimum Gasteiger partial charge on any atom is -0.504 e. The van der Waals surface area contributed by atoms with Crippen LogP contribution in [0, 0.1) is 6.92 Å². The molecule has 17 heavy (non-hydrogen) atoms. The Bertz CT molecular complexity index is 414. The molecule has 1 aliphatic rings. The van der Waals surface area contributed by atoms with Crippen LogP contribution in [0.25, 0.3) is 0 Å². The van der Waals surface area contributed by atoms with E-state index in [9.17, 15) is 5.11 Å². The van der Waals surface area contributed by atoms with Gasteiger partial charge in [-0.25, -0.2) is 0 Å². The van der Waals surface area contributed by atoms with E-state index in [1.54, 1.807) is 13.2 Å². The molecule has 4 heteroatoms. The second-order valence-electron chi connectivity index (χ2n) is 4.49. The number of nitrogens with one attached hydrogen (secondary N) is 1. The van der Waals surface area contributed by atoms with E-state index in [-0.39, 0.29) is 5.75 Å². The van der Waals surface area contributed by atoms with E-state index in [1.807, 2.05) is 6.92 Å². The topological polar surface area (TPSA) is 41.5 Å². The molecule has 94 valence electrons. The van der Waals surface area contributed by atoms with Gasteiger partial charge in [0.15, 0.2) is 11.5 Å². The smallest absolute Gasteiger partial charge is 0.164 e. The first-order valence-electron chi connectivity index (χ1n) is 5.91. The van der Waals surface area contributed by atoms with Gasteiger partial charge in [-0.15, -0.1) is 0 Å².